The molecule has 162 valence electrons. The maximum absolute atomic E-state index is 13.1. The molecule has 4 rings (SSSR count). The van der Waals surface area contributed by atoms with Gasteiger partial charge in [0.2, 0.25) is 0 Å². The van der Waals surface area contributed by atoms with Crippen LogP contribution in [0.4, 0.5) is 5.69 Å². The van der Waals surface area contributed by atoms with Crippen molar-refractivity contribution in [1.29, 1.82) is 0 Å². The van der Waals surface area contributed by atoms with Gasteiger partial charge in [-0.3, -0.25) is 19.0 Å². The summed E-state index contributed by atoms with van der Waals surface area (Å²) in [6, 6.07) is 14.2. The molecule has 2 aromatic heterocycles. The molecule has 0 radical (unpaired) electrons. The van der Waals surface area contributed by atoms with Crippen LogP contribution in [0.2, 0.25) is 0 Å². The van der Waals surface area contributed by atoms with Crippen molar-refractivity contribution in [2.24, 2.45) is 0 Å². The number of anilines is 1. The van der Waals surface area contributed by atoms with Crippen LogP contribution in [0.5, 0.6) is 5.75 Å². The molecule has 4 aromatic rings. The molecule has 0 unspecified atom stereocenters. The van der Waals surface area contributed by atoms with E-state index in [1.807, 2.05) is 31.2 Å². The molecule has 32 heavy (non-hydrogen) atoms. The Balaban J connectivity index is 1.63. The fourth-order valence-electron chi connectivity index (χ4n) is 3.40. The first-order chi connectivity index (χ1) is 15.4. The van der Waals surface area contributed by atoms with Gasteiger partial charge >= 0.3 is 0 Å². The Bertz CT molecular complexity index is 1390. The number of benzene rings is 2. The van der Waals surface area contributed by atoms with E-state index in [2.05, 4.69) is 10.3 Å². The molecule has 0 spiro atoms. The number of ether oxygens (including phenoxy) is 1. The monoisotopic (exact) mass is 447 g/mol. The van der Waals surface area contributed by atoms with Crippen molar-refractivity contribution < 1.29 is 14.3 Å². The molecule has 2 heterocycles. The zero-order chi connectivity index (χ0) is 22.8. The Morgan fingerprint density at radius 2 is 1.81 bits per heavy atom. The Morgan fingerprint density at radius 1 is 1.09 bits per heavy atom. The molecule has 0 aliphatic carbocycles. The van der Waals surface area contributed by atoms with Crippen molar-refractivity contribution in [3.05, 3.63) is 86.8 Å². The first-order valence-electron chi connectivity index (χ1n) is 9.92. The molecule has 1 amide bonds. The standard InChI is InChI=1S/C24H21N3O4S/c1-14-6-4-5-7-18(14)26-22(29)21-15(2)20-23(32-21)25-13-27(24(20)30)12-19(28)16-8-10-17(31-3)11-9-16/h4-11,13H,12H2,1-3H3,(H,26,29). The highest BCUT2D eigenvalue weighted by atomic mass is 32.1. The Kier molecular flexibility index (Phi) is 5.87. The number of amides is 1. The fourth-order valence-corrected chi connectivity index (χ4v) is 4.44. The lowest BCUT2D eigenvalue weighted by Crippen LogP contribution is -2.24. The van der Waals surface area contributed by atoms with Crippen LogP contribution in [0.25, 0.3) is 10.2 Å². The van der Waals surface area contributed by atoms with Crippen LogP contribution < -0.4 is 15.6 Å². The number of hydrogen-bond donors (Lipinski definition) is 1. The summed E-state index contributed by atoms with van der Waals surface area (Å²) >= 11 is 1.16. The van der Waals surface area contributed by atoms with Gasteiger partial charge in [0.05, 0.1) is 30.2 Å². The predicted molar refractivity (Wildman–Crippen MR) is 125 cm³/mol. The summed E-state index contributed by atoms with van der Waals surface area (Å²) < 4.78 is 6.38. The number of aryl methyl sites for hydroxylation is 2. The number of carbonyl (C=O) groups is 2. The van der Waals surface area contributed by atoms with Gasteiger partial charge in [-0.25, -0.2) is 4.98 Å². The van der Waals surface area contributed by atoms with Crippen molar-refractivity contribution in [3.8, 4) is 5.75 Å². The molecule has 2 aromatic carbocycles. The molecule has 0 aliphatic heterocycles. The molecule has 0 saturated carbocycles. The first kappa shape index (κ1) is 21.5. The van der Waals surface area contributed by atoms with E-state index in [4.69, 9.17) is 4.74 Å². The molecule has 0 saturated heterocycles. The third-order valence-electron chi connectivity index (χ3n) is 5.24. The average molecular weight is 448 g/mol. The second-order valence-electron chi connectivity index (χ2n) is 7.33. The van der Waals surface area contributed by atoms with Gasteiger partial charge in [-0.05, 0) is 55.3 Å². The van der Waals surface area contributed by atoms with Crippen LogP contribution in [-0.2, 0) is 6.54 Å². The van der Waals surface area contributed by atoms with Crippen molar-refractivity contribution in [2.45, 2.75) is 20.4 Å². The van der Waals surface area contributed by atoms with Gasteiger partial charge in [0, 0.05) is 11.3 Å². The summed E-state index contributed by atoms with van der Waals surface area (Å²) in [5.41, 5.74) is 2.33. The van der Waals surface area contributed by atoms with Gasteiger partial charge in [-0.1, -0.05) is 18.2 Å². The number of carbonyl (C=O) groups excluding carboxylic acids is 2. The van der Waals surface area contributed by atoms with Gasteiger partial charge in [-0.15, -0.1) is 11.3 Å². The minimum Gasteiger partial charge on any atom is -0.497 e. The fraction of sp³-hybridized carbons (Fsp3) is 0.167. The number of rotatable bonds is 6. The molecule has 8 heteroatoms. The highest BCUT2D eigenvalue weighted by Crippen LogP contribution is 2.28. The van der Waals surface area contributed by atoms with E-state index in [-0.39, 0.29) is 23.8 Å². The molecular weight excluding hydrogens is 426 g/mol. The highest BCUT2D eigenvalue weighted by Gasteiger charge is 2.20. The second kappa shape index (κ2) is 8.76. The van der Waals surface area contributed by atoms with Crippen molar-refractivity contribution >= 4 is 38.9 Å². The third kappa shape index (κ3) is 4.04. The summed E-state index contributed by atoms with van der Waals surface area (Å²) in [5.74, 6) is 0.133. The van der Waals surface area contributed by atoms with Crippen LogP contribution in [-0.4, -0.2) is 28.4 Å². The number of methoxy groups -OCH3 is 1. The summed E-state index contributed by atoms with van der Waals surface area (Å²) in [6.07, 6.45) is 1.35. The maximum Gasteiger partial charge on any atom is 0.266 e. The van der Waals surface area contributed by atoms with Gasteiger partial charge in [0.1, 0.15) is 10.6 Å². The lowest BCUT2D eigenvalue weighted by atomic mass is 10.1. The molecule has 0 bridgehead atoms. The number of nitrogens with zero attached hydrogens (tertiary/aromatic N) is 2. The van der Waals surface area contributed by atoms with Crippen molar-refractivity contribution in [1.82, 2.24) is 9.55 Å². The van der Waals surface area contributed by atoms with Crippen LogP contribution >= 0.6 is 11.3 Å². The summed E-state index contributed by atoms with van der Waals surface area (Å²) in [6.45, 7) is 3.49. The van der Waals surface area contributed by atoms with Gasteiger partial charge in [0.25, 0.3) is 11.5 Å². The minimum absolute atomic E-state index is 0.145. The van der Waals surface area contributed by atoms with E-state index in [1.165, 1.54) is 10.9 Å². The quantitative estimate of drug-likeness (QED) is 0.447. The second-order valence-corrected chi connectivity index (χ2v) is 8.33. The van der Waals surface area contributed by atoms with E-state index < -0.39 is 0 Å². The largest absolute Gasteiger partial charge is 0.497 e. The number of nitrogens with one attached hydrogen (secondary N) is 1. The molecule has 0 fully saturated rings. The Morgan fingerprint density at radius 3 is 2.50 bits per heavy atom. The third-order valence-corrected chi connectivity index (χ3v) is 6.44. The Hall–Kier alpha value is -3.78. The van der Waals surface area contributed by atoms with Crippen molar-refractivity contribution in [3.63, 3.8) is 0 Å². The Labute approximate surface area is 188 Å². The minimum atomic E-state index is -0.347. The lowest BCUT2D eigenvalue weighted by molar-refractivity contribution is 0.0969. The van der Waals surface area contributed by atoms with Crippen LogP contribution in [0.3, 0.4) is 0 Å². The van der Waals surface area contributed by atoms with Gasteiger partial charge in [-0.2, -0.15) is 0 Å². The predicted octanol–water partition coefficient (Wildman–Crippen LogP) is 4.22. The van der Waals surface area contributed by atoms with Crippen LogP contribution in [0.15, 0.2) is 59.7 Å². The maximum atomic E-state index is 13.1. The van der Waals surface area contributed by atoms with Crippen LogP contribution in [0.1, 0.15) is 31.2 Å². The number of para-hydroxylation sites is 1. The molecule has 1 N–H and O–H groups in total. The number of ketones is 1. The van der Waals surface area contributed by atoms with E-state index in [1.54, 1.807) is 38.3 Å². The summed E-state index contributed by atoms with van der Waals surface area (Å²) in [7, 11) is 1.55. The van der Waals surface area contributed by atoms with E-state index in [0.717, 1.165) is 16.9 Å². The highest BCUT2D eigenvalue weighted by molar-refractivity contribution is 7.20. The normalized spacial score (nSPS) is 10.8. The lowest BCUT2D eigenvalue weighted by Gasteiger charge is -2.07. The zero-order valence-corrected chi connectivity index (χ0v) is 18.7. The number of Topliss-reactive ketones (excluding diaryl/α,β-unsaturated/α-hetero) is 1. The van der Waals surface area contributed by atoms with Gasteiger partial charge < -0.3 is 10.1 Å². The van der Waals surface area contributed by atoms with E-state index >= 15 is 0 Å². The van der Waals surface area contributed by atoms with Crippen molar-refractivity contribution in [2.75, 3.05) is 12.4 Å². The summed E-state index contributed by atoms with van der Waals surface area (Å²) in [4.78, 5) is 43.8. The summed E-state index contributed by atoms with van der Waals surface area (Å²) in [5, 5.41) is 3.25. The van der Waals surface area contributed by atoms with Gasteiger partial charge in [0.15, 0.2) is 5.78 Å². The molecule has 0 aliphatic rings. The number of hydrogen-bond acceptors (Lipinski definition) is 6. The number of thiophene rings is 1. The van der Waals surface area contributed by atoms with E-state index in [9.17, 15) is 14.4 Å². The van der Waals surface area contributed by atoms with Crippen LogP contribution in [0, 0.1) is 13.8 Å². The molecule has 0 atom stereocenters. The first-order valence-corrected chi connectivity index (χ1v) is 10.7. The average Bonchev–Trinajstić information content (AvgIpc) is 3.14. The van der Waals surface area contributed by atoms with E-state index in [0.29, 0.717) is 37.7 Å². The number of aromatic nitrogens is 2. The zero-order valence-electron chi connectivity index (χ0n) is 17.8. The number of fused-ring (bicyclic) bond motifs is 1. The molecular formula is C24H21N3O4S. The SMILES string of the molecule is COc1ccc(C(=O)Cn2cnc3sc(C(=O)Nc4ccccc4C)c(C)c3c2=O)cc1. The topological polar surface area (TPSA) is 90.3 Å². The smallest absolute Gasteiger partial charge is 0.266 e. The molecule has 7 nitrogen and oxygen atoms in total.